The van der Waals surface area contributed by atoms with E-state index in [1.165, 1.54) is 18.8 Å². The first-order chi connectivity index (χ1) is 11.6. The van der Waals surface area contributed by atoms with Crippen molar-refractivity contribution in [2.75, 3.05) is 43.9 Å². The van der Waals surface area contributed by atoms with Gasteiger partial charge < -0.3 is 20.5 Å². The summed E-state index contributed by atoms with van der Waals surface area (Å²) in [5.74, 6) is 0.285. The topological polar surface area (TPSA) is 87.0 Å². The lowest BCUT2D eigenvalue weighted by molar-refractivity contribution is -0.00224. The molecular weight excluding hydrogens is 302 g/mol. The Kier molecular flexibility index (Phi) is 2.67. The minimum atomic E-state index is 0.285. The quantitative estimate of drug-likeness (QED) is 0.741. The number of nitrogens with zero attached hydrogens (tertiary/aromatic N) is 5. The second-order valence-corrected chi connectivity index (χ2v) is 7.08. The summed E-state index contributed by atoms with van der Waals surface area (Å²) in [6.07, 6.45) is 5.51. The van der Waals surface area contributed by atoms with Crippen molar-refractivity contribution in [3.63, 3.8) is 0 Å². The number of rotatable bonds is 2. The first kappa shape index (κ1) is 13.7. The summed E-state index contributed by atoms with van der Waals surface area (Å²) in [6, 6.07) is 3.98. The zero-order valence-corrected chi connectivity index (χ0v) is 13.5. The largest absolute Gasteiger partial charge is 0.369 e. The summed E-state index contributed by atoms with van der Waals surface area (Å²) in [5.41, 5.74) is 10.2. The van der Waals surface area contributed by atoms with E-state index in [9.17, 15) is 0 Å². The zero-order chi connectivity index (χ0) is 16.3. The third kappa shape index (κ3) is 1.91. The van der Waals surface area contributed by atoms with Gasteiger partial charge in [-0.2, -0.15) is 0 Å². The number of H-pyrrole nitrogens is 1. The van der Waals surface area contributed by atoms with E-state index in [4.69, 9.17) is 5.73 Å². The summed E-state index contributed by atoms with van der Waals surface area (Å²) >= 11 is 0. The van der Waals surface area contributed by atoms with Gasteiger partial charge in [0.25, 0.3) is 0 Å². The van der Waals surface area contributed by atoms with Crippen LogP contribution in [0.15, 0.2) is 30.7 Å². The van der Waals surface area contributed by atoms with Crippen molar-refractivity contribution in [2.24, 2.45) is 5.41 Å². The molecule has 0 aromatic carbocycles. The molecule has 122 valence electrons. The minimum Gasteiger partial charge on any atom is -0.369 e. The standard InChI is InChI=1S/C17H19N7/c1-23-7-17(8-23)9-24(10-17)13-3-5-19-15-14(13)11(6-21-15)12-2-4-20-16(18)22-12/h2-6H,7-10H2,1H3,(H,19,21)(H2,18,20,22). The Morgan fingerprint density at radius 1 is 1.12 bits per heavy atom. The average Bonchev–Trinajstić information content (AvgIpc) is 2.93. The molecule has 1 spiro atoms. The van der Waals surface area contributed by atoms with E-state index in [1.807, 2.05) is 18.5 Å². The Labute approximate surface area is 139 Å². The third-order valence-electron chi connectivity index (χ3n) is 5.11. The van der Waals surface area contributed by atoms with E-state index < -0.39 is 0 Å². The normalized spacial score (nSPS) is 19.5. The molecule has 24 heavy (non-hydrogen) atoms. The van der Waals surface area contributed by atoms with Gasteiger partial charge in [-0.3, -0.25) is 0 Å². The van der Waals surface area contributed by atoms with Crippen molar-refractivity contribution in [1.29, 1.82) is 0 Å². The van der Waals surface area contributed by atoms with Crippen molar-refractivity contribution in [2.45, 2.75) is 0 Å². The summed E-state index contributed by atoms with van der Waals surface area (Å²) in [4.78, 5) is 20.9. The van der Waals surface area contributed by atoms with E-state index in [-0.39, 0.29) is 5.95 Å². The number of hydrogen-bond acceptors (Lipinski definition) is 6. The number of fused-ring (bicyclic) bond motifs is 1. The highest BCUT2D eigenvalue weighted by molar-refractivity contribution is 6.02. The summed E-state index contributed by atoms with van der Waals surface area (Å²) < 4.78 is 0. The van der Waals surface area contributed by atoms with Crippen LogP contribution in [0.4, 0.5) is 11.6 Å². The lowest BCUT2D eigenvalue weighted by atomic mass is 9.73. The fraction of sp³-hybridized carbons (Fsp3) is 0.353. The molecule has 0 aliphatic carbocycles. The molecular formula is C17H19N7. The molecule has 5 rings (SSSR count). The maximum atomic E-state index is 5.76. The lowest BCUT2D eigenvalue weighted by Gasteiger charge is -2.60. The molecule has 2 saturated heterocycles. The maximum Gasteiger partial charge on any atom is 0.220 e. The van der Waals surface area contributed by atoms with Crippen molar-refractivity contribution in [3.05, 3.63) is 30.7 Å². The van der Waals surface area contributed by atoms with Crippen LogP contribution >= 0.6 is 0 Å². The van der Waals surface area contributed by atoms with E-state index in [1.54, 1.807) is 6.20 Å². The molecule has 0 amide bonds. The van der Waals surface area contributed by atoms with Gasteiger partial charge in [0.15, 0.2) is 0 Å². The number of nitrogen functional groups attached to an aromatic ring is 1. The fourth-order valence-electron chi connectivity index (χ4n) is 4.26. The summed E-state index contributed by atoms with van der Waals surface area (Å²) in [6.45, 7) is 4.60. The van der Waals surface area contributed by atoms with E-state index >= 15 is 0 Å². The second kappa shape index (κ2) is 4.67. The number of nitrogens with one attached hydrogen (secondary N) is 1. The van der Waals surface area contributed by atoms with Crippen LogP contribution in [-0.4, -0.2) is 58.1 Å². The van der Waals surface area contributed by atoms with Crippen molar-refractivity contribution in [3.8, 4) is 11.3 Å². The van der Waals surface area contributed by atoms with Crippen molar-refractivity contribution in [1.82, 2.24) is 24.8 Å². The molecule has 0 radical (unpaired) electrons. The predicted octanol–water partition coefficient (Wildman–Crippen LogP) is 1.35. The highest BCUT2D eigenvalue weighted by Gasteiger charge is 2.50. The van der Waals surface area contributed by atoms with Crippen LogP contribution in [0, 0.1) is 5.41 Å². The number of aromatic amines is 1. The summed E-state index contributed by atoms with van der Waals surface area (Å²) in [5, 5.41) is 1.11. The summed E-state index contributed by atoms with van der Waals surface area (Å²) in [7, 11) is 2.18. The van der Waals surface area contributed by atoms with Gasteiger partial charge in [0.1, 0.15) is 5.65 Å². The first-order valence-electron chi connectivity index (χ1n) is 8.12. The third-order valence-corrected chi connectivity index (χ3v) is 5.11. The number of anilines is 2. The number of aromatic nitrogens is 4. The van der Waals surface area contributed by atoms with Gasteiger partial charge in [0.05, 0.1) is 16.8 Å². The molecule has 0 unspecified atom stereocenters. The molecule has 3 aromatic rings. The van der Waals surface area contributed by atoms with E-state index in [2.05, 4.69) is 42.8 Å². The number of likely N-dealkylation sites (tertiary alicyclic amines) is 1. The SMILES string of the molecule is CN1CC2(C1)CN(c1ccnc3[nH]cc(-c4ccnc(N)n4)c13)C2. The van der Waals surface area contributed by atoms with Gasteiger partial charge in [0, 0.05) is 55.7 Å². The van der Waals surface area contributed by atoms with Crippen LogP contribution in [0.1, 0.15) is 0 Å². The van der Waals surface area contributed by atoms with Crippen LogP contribution in [0.5, 0.6) is 0 Å². The number of hydrogen-bond donors (Lipinski definition) is 2. The first-order valence-corrected chi connectivity index (χ1v) is 8.12. The van der Waals surface area contributed by atoms with Gasteiger partial charge in [-0.05, 0) is 19.2 Å². The Morgan fingerprint density at radius 3 is 2.67 bits per heavy atom. The fourth-order valence-corrected chi connectivity index (χ4v) is 4.26. The highest BCUT2D eigenvalue weighted by Crippen LogP contribution is 2.44. The lowest BCUT2D eigenvalue weighted by Crippen LogP contribution is -2.71. The van der Waals surface area contributed by atoms with E-state index in [0.29, 0.717) is 5.41 Å². The Balaban J connectivity index is 1.56. The second-order valence-electron chi connectivity index (χ2n) is 7.08. The molecule has 7 heteroatoms. The number of nitrogens with two attached hydrogens (primary N) is 1. The van der Waals surface area contributed by atoms with Crippen LogP contribution in [0.25, 0.3) is 22.3 Å². The van der Waals surface area contributed by atoms with Crippen LogP contribution < -0.4 is 10.6 Å². The van der Waals surface area contributed by atoms with E-state index in [0.717, 1.165) is 35.4 Å². The maximum absolute atomic E-state index is 5.76. The molecule has 0 bridgehead atoms. The molecule has 5 heterocycles. The molecule has 2 aliphatic rings. The molecule has 0 saturated carbocycles. The van der Waals surface area contributed by atoms with Gasteiger partial charge in [-0.25, -0.2) is 15.0 Å². The number of pyridine rings is 1. The molecule has 3 N–H and O–H groups in total. The Hall–Kier alpha value is -2.67. The predicted molar refractivity (Wildman–Crippen MR) is 93.7 cm³/mol. The average molecular weight is 321 g/mol. The minimum absolute atomic E-state index is 0.285. The Morgan fingerprint density at radius 2 is 1.92 bits per heavy atom. The monoisotopic (exact) mass is 321 g/mol. The highest BCUT2D eigenvalue weighted by atomic mass is 15.3. The van der Waals surface area contributed by atoms with Crippen LogP contribution in [-0.2, 0) is 0 Å². The van der Waals surface area contributed by atoms with Gasteiger partial charge in [0.2, 0.25) is 5.95 Å². The van der Waals surface area contributed by atoms with Crippen molar-refractivity contribution < 1.29 is 0 Å². The van der Waals surface area contributed by atoms with Gasteiger partial charge >= 0.3 is 0 Å². The molecule has 2 fully saturated rings. The van der Waals surface area contributed by atoms with Gasteiger partial charge in [-0.15, -0.1) is 0 Å². The van der Waals surface area contributed by atoms with Gasteiger partial charge in [-0.1, -0.05) is 0 Å². The molecule has 2 aliphatic heterocycles. The Bertz CT molecular complexity index is 918. The molecule has 7 nitrogen and oxygen atoms in total. The zero-order valence-electron chi connectivity index (χ0n) is 13.5. The van der Waals surface area contributed by atoms with Crippen molar-refractivity contribution >= 4 is 22.7 Å². The van der Waals surface area contributed by atoms with Crippen LogP contribution in [0.3, 0.4) is 0 Å². The molecule has 0 atom stereocenters. The molecule has 3 aromatic heterocycles. The smallest absolute Gasteiger partial charge is 0.220 e. The van der Waals surface area contributed by atoms with Crippen LogP contribution in [0.2, 0.25) is 0 Å².